The van der Waals surface area contributed by atoms with E-state index in [2.05, 4.69) is 20.8 Å². The first-order valence-electron chi connectivity index (χ1n) is 17.5. The summed E-state index contributed by atoms with van der Waals surface area (Å²) in [5, 5.41) is 32.6. The smallest absolute Gasteiger partial charge is 0.336 e. The van der Waals surface area contributed by atoms with Crippen LogP contribution in [0.1, 0.15) is 97.8 Å². The first-order chi connectivity index (χ1) is 21.4. The summed E-state index contributed by atoms with van der Waals surface area (Å²) < 4.78 is 2.62. The van der Waals surface area contributed by atoms with E-state index in [-0.39, 0.29) is 39.3 Å². The van der Waals surface area contributed by atoms with Gasteiger partial charge >= 0.3 is 17.1 Å². The highest BCUT2D eigenvalue weighted by atomic mass is 16.3. The monoisotopic (exact) mass is 643 g/mol. The molecule has 0 aliphatic heterocycles. The fourth-order valence-corrected chi connectivity index (χ4v) is 5.74. The molecule has 0 amide bonds. The van der Waals surface area contributed by atoms with E-state index in [1.807, 2.05) is 35.8 Å². The number of hydrogen-bond donors (Lipinski definition) is 3. The van der Waals surface area contributed by atoms with Crippen LogP contribution in [-0.4, -0.2) is 122 Å². The van der Waals surface area contributed by atoms with Crippen LogP contribution in [0.4, 0.5) is 0 Å². The van der Waals surface area contributed by atoms with E-state index < -0.39 is 35.4 Å². The molecular formula is C33H66N6O6. The number of aliphatic hydroxyl groups is 3. The number of aliphatic hydroxyl groups excluding tert-OH is 3. The van der Waals surface area contributed by atoms with Crippen molar-refractivity contribution in [3.63, 3.8) is 0 Å². The molecule has 3 N–H and O–H groups in total. The number of likely N-dealkylation sites (N-methyl/N-ethyl adjacent to an activating group) is 3. The number of rotatable bonds is 27. The fraction of sp³-hybridized carbons (Fsp3) is 0.909. The van der Waals surface area contributed by atoms with Crippen molar-refractivity contribution < 1.29 is 15.3 Å². The normalized spacial score (nSPS) is 14.1. The lowest BCUT2D eigenvalue weighted by Gasteiger charge is -2.24. The molecule has 0 aliphatic carbocycles. The summed E-state index contributed by atoms with van der Waals surface area (Å²) in [5.74, 6) is 0. The average Bonchev–Trinajstić information content (AvgIpc) is 2.98. The first-order valence-corrected chi connectivity index (χ1v) is 17.5. The predicted molar refractivity (Wildman–Crippen MR) is 182 cm³/mol. The van der Waals surface area contributed by atoms with E-state index in [0.717, 1.165) is 110 Å². The minimum atomic E-state index is -1.02. The van der Waals surface area contributed by atoms with E-state index >= 15 is 0 Å². The van der Waals surface area contributed by atoms with Crippen LogP contribution in [0.25, 0.3) is 0 Å². The van der Waals surface area contributed by atoms with Gasteiger partial charge in [0.15, 0.2) is 0 Å². The van der Waals surface area contributed by atoms with Gasteiger partial charge in [0.25, 0.3) is 0 Å². The van der Waals surface area contributed by atoms with Crippen LogP contribution in [0.3, 0.4) is 0 Å². The zero-order valence-electron chi connectivity index (χ0n) is 29.3. The van der Waals surface area contributed by atoms with Crippen molar-refractivity contribution in [2.75, 3.05) is 60.4 Å². The molecule has 0 radical (unpaired) electrons. The Kier molecular flexibility index (Phi) is 21.5. The topological polar surface area (TPSA) is 136 Å². The van der Waals surface area contributed by atoms with E-state index in [9.17, 15) is 29.7 Å². The molecule has 0 aromatic carbocycles. The maximum atomic E-state index is 13.5. The van der Waals surface area contributed by atoms with Gasteiger partial charge in [0.2, 0.25) is 0 Å². The lowest BCUT2D eigenvalue weighted by Crippen LogP contribution is -2.58. The fourth-order valence-electron chi connectivity index (χ4n) is 5.74. The Morgan fingerprint density at radius 1 is 0.467 bits per heavy atom. The second-order valence-corrected chi connectivity index (χ2v) is 13.1. The number of hydrogen-bond acceptors (Lipinski definition) is 9. The summed E-state index contributed by atoms with van der Waals surface area (Å²) in [4.78, 5) is 46.5. The lowest BCUT2D eigenvalue weighted by molar-refractivity contribution is 0.0901. The minimum absolute atomic E-state index is 0.258. The average molecular weight is 643 g/mol. The van der Waals surface area contributed by atoms with Gasteiger partial charge in [-0.1, -0.05) is 78.6 Å². The predicted octanol–water partition coefficient (Wildman–Crippen LogP) is 1.79. The van der Waals surface area contributed by atoms with Crippen molar-refractivity contribution in [2.45, 2.75) is 136 Å². The second-order valence-electron chi connectivity index (χ2n) is 13.1. The van der Waals surface area contributed by atoms with Crippen molar-refractivity contribution in [1.29, 1.82) is 0 Å². The molecule has 0 spiro atoms. The molecule has 1 aromatic rings. The highest BCUT2D eigenvalue weighted by Crippen LogP contribution is 2.04. The maximum absolute atomic E-state index is 13.5. The van der Waals surface area contributed by atoms with Gasteiger partial charge in [-0.2, -0.15) is 0 Å². The summed E-state index contributed by atoms with van der Waals surface area (Å²) in [5.41, 5.74) is -2.59. The molecule has 0 aliphatic rings. The van der Waals surface area contributed by atoms with Crippen LogP contribution >= 0.6 is 0 Å². The van der Waals surface area contributed by atoms with Crippen LogP contribution < -0.4 is 17.1 Å². The Labute approximate surface area is 271 Å². The van der Waals surface area contributed by atoms with Crippen LogP contribution in [-0.2, 0) is 19.6 Å². The summed E-state index contributed by atoms with van der Waals surface area (Å²) >= 11 is 0. The van der Waals surface area contributed by atoms with Gasteiger partial charge in [0, 0.05) is 19.6 Å². The summed E-state index contributed by atoms with van der Waals surface area (Å²) in [6.45, 7) is 8.69. The molecular weight excluding hydrogens is 576 g/mol. The summed E-state index contributed by atoms with van der Waals surface area (Å²) in [6, 6.07) is 0. The quantitative estimate of drug-likeness (QED) is 0.123. The molecule has 3 unspecified atom stereocenters. The molecule has 12 heteroatoms. The Hall–Kier alpha value is -1.83. The van der Waals surface area contributed by atoms with Crippen molar-refractivity contribution in [3.8, 4) is 0 Å². The molecule has 1 rings (SSSR count). The van der Waals surface area contributed by atoms with Gasteiger partial charge in [-0.05, 0) is 60.0 Å². The molecule has 0 saturated carbocycles. The van der Waals surface area contributed by atoms with Gasteiger partial charge in [-0.15, -0.1) is 0 Å². The summed E-state index contributed by atoms with van der Waals surface area (Å²) in [6.07, 6.45) is 10.0. The molecule has 1 aromatic heterocycles. The molecule has 0 saturated heterocycles. The number of unbranched alkanes of at least 4 members (excludes halogenated alkanes) is 9. The van der Waals surface area contributed by atoms with Gasteiger partial charge in [0.1, 0.15) is 0 Å². The van der Waals surface area contributed by atoms with E-state index in [4.69, 9.17) is 0 Å². The molecule has 1 heterocycles. The zero-order chi connectivity index (χ0) is 33.8. The van der Waals surface area contributed by atoms with Gasteiger partial charge in [0.05, 0.1) is 37.9 Å². The number of aromatic nitrogens is 3. The molecule has 0 fully saturated rings. The highest BCUT2D eigenvalue weighted by Gasteiger charge is 2.22. The summed E-state index contributed by atoms with van der Waals surface area (Å²) in [7, 11) is 5.67. The van der Waals surface area contributed by atoms with Crippen molar-refractivity contribution in [2.24, 2.45) is 0 Å². The second kappa shape index (κ2) is 23.5. The van der Waals surface area contributed by atoms with Crippen molar-refractivity contribution in [3.05, 3.63) is 31.5 Å². The van der Waals surface area contributed by atoms with Crippen LogP contribution in [0.15, 0.2) is 14.4 Å². The van der Waals surface area contributed by atoms with Gasteiger partial charge < -0.3 is 30.0 Å². The Balaban J connectivity index is 3.19. The zero-order valence-corrected chi connectivity index (χ0v) is 29.3. The van der Waals surface area contributed by atoms with Crippen LogP contribution in [0.2, 0.25) is 0 Å². The number of nitrogens with zero attached hydrogens (tertiary/aromatic N) is 6. The Morgan fingerprint density at radius 2 is 0.711 bits per heavy atom. The molecule has 0 bridgehead atoms. The molecule has 45 heavy (non-hydrogen) atoms. The van der Waals surface area contributed by atoms with Crippen molar-refractivity contribution in [1.82, 2.24) is 28.4 Å². The van der Waals surface area contributed by atoms with Gasteiger partial charge in [-0.3, -0.25) is 0 Å². The third-order valence-electron chi connectivity index (χ3n) is 8.31. The highest BCUT2D eigenvalue weighted by molar-refractivity contribution is 4.83. The third kappa shape index (κ3) is 16.5. The van der Waals surface area contributed by atoms with E-state index in [1.54, 1.807) is 0 Å². The largest absolute Gasteiger partial charge is 0.390 e. The molecule has 3 atom stereocenters. The van der Waals surface area contributed by atoms with Gasteiger partial charge in [-0.25, -0.2) is 28.1 Å². The minimum Gasteiger partial charge on any atom is -0.390 e. The first kappa shape index (κ1) is 41.2. The SMILES string of the molecule is CCCCCCN(C)CC(O)Cn1c(=O)n(CC(O)CN(C)CCCCCC)c(=O)n(CC(O)CN(C)CCCCCC)c1=O. The maximum Gasteiger partial charge on any atom is 0.336 e. The van der Waals surface area contributed by atoms with Crippen LogP contribution in [0, 0.1) is 0 Å². The van der Waals surface area contributed by atoms with Crippen molar-refractivity contribution >= 4 is 0 Å². The van der Waals surface area contributed by atoms with Crippen LogP contribution in [0.5, 0.6) is 0 Å². The Morgan fingerprint density at radius 3 is 0.933 bits per heavy atom. The lowest BCUT2D eigenvalue weighted by atomic mass is 10.2. The molecule has 264 valence electrons. The third-order valence-corrected chi connectivity index (χ3v) is 8.31. The standard InChI is InChI=1S/C33H66N6O6/c1-7-10-13-16-19-34(4)22-28(40)25-37-31(43)38(26-29(41)23-35(5)20-17-14-11-8-2)33(45)39(32(37)44)27-30(42)24-36(6)21-18-15-12-9-3/h28-30,40-42H,7-27H2,1-6H3. The Bertz CT molecular complexity index is 925. The molecule has 12 nitrogen and oxygen atoms in total. The van der Waals surface area contributed by atoms with E-state index in [0.29, 0.717) is 0 Å². The van der Waals surface area contributed by atoms with E-state index in [1.165, 1.54) is 0 Å².